The lowest BCUT2D eigenvalue weighted by Crippen LogP contribution is -2.66. The van der Waals surface area contributed by atoms with Gasteiger partial charge in [-0.15, -0.1) is 0 Å². The van der Waals surface area contributed by atoms with Crippen LogP contribution in [0.5, 0.6) is 0 Å². The summed E-state index contributed by atoms with van der Waals surface area (Å²) in [6, 6.07) is 1.03. The molecule has 0 aliphatic heterocycles. The van der Waals surface area contributed by atoms with Gasteiger partial charge in [0.1, 0.15) is 0 Å². The third-order valence-corrected chi connectivity index (χ3v) is 2.98. The molecule has 136 valence electrons. The molecule has 0 saturated heterocycles. The topological polar surface area (TPSA) is 41.1 Å². The molecule has 12 heteroatoms. The van der Waals surface area contributed by atoms with Gasteiger partial charge in [-0.3, -0.25) is 0 Å². The lowest BCUT2D eigenvalue weighted by atomic mass is 10.0. The van der Waals surface area contributed by atoms with Gasteiger partial charge in [0.05, 0.1) is 11.3 Å². The average Bonchev–Trinajstić information content (AvgIpc) is 2.35. The summed E-state index contributed by atoms with van der Waals surface area (Å²) in [4.78, 5) is 11.4. The van der Waals surface area contributed by atoms with E-state index in [2.05, 4.69) is 0 Å². The molecule has 0 spiro atoms. The molecule has 2 N–H and O–H groups in total. The Balaban J connectivity index is 3.10. The van der Waals surface area contributed by atoms with Crippen molar-refractivity contribution in [2.24, 2.45) is 0 Å². The summed E-state index contributed by atoms with van der Waals surface area (Å²) >= 11 is 0. The van der Waals surface area contributed by atoms with Crippen molar-refractivity contribution in [2.45, 2.75) is 31.0 Å². The smallest absolute Gasteiger partial charge is 0.316 e. The fourth-order valence-corrected chi connectivity index (χ4v) is 1.52. The Morgan fingerprint density at radius 1 is 0.875 bits per heavy atom. The number of amides is 2. The molecule has 1 aromatic rings. The minimum absolute atomic E-state index is 0.345. The highest BCUT2D eigenvalue weighted by Crippen LogP contribution is 2.43. The maximum Gasteiger partial charge on any atom is 0.420 e. The van der Waals surface area contributed by atoms with E-state index in [4.69, 9.17) is 0 Å². The zero-order chi connectivity index (χ0) is 19.0. The van der Waals surface area contributed by atoms with Crippen LogP contribution < -0.4 is 10.6 Å². The van der Waals surface area contributed by atoms with Crippen LogP contribution in [0, 0.1) is 0 Å². The highest BCUT2D eigenvalue weighted by Gasteiger charge is 2.68. The average molecular weight is 368 g/mol. The number of carbonyl (C=O) groups excluding carboxylic acids is 1. The number of hydrogen-bond acceptors (Lipinski definition) is 1. The van der Waals surface area contributed by atoms with E-state index >= 15 is 0 Å². The summed E-state index contributed by atoms with van der Waals surface area (Å²) in [6.07, 6.45) is -16.8. The molecule has 1 aromatic carbocycles. The molecular formula is C12H9F9N2O. The molecule has 0 aliphatic carbocycles. The summed E-state index contributed by atoms with van der Waals surface area (Å²) in [5.41, 5.74) is -7.06. The van der Waals surface area contributed by atoms with Crippen LogP contribution >= 0.6 is 0 Å². The summed E-state index contributed by atoms with van der Waals surface area (Å²) in [6.45, 7) is -0.345. The van der Waals surface area contributed by atoms with Crippen molar-refractivity contribution in [3.8, 4) is 0 Å². The number of para-hydroxylation sites is 1. The Bertz CT molecular complexity index is 590. The number of anilines is 1. The van der Waals surface area contributed by atoms with Gasteiger partial charge in [-0.2, -0.15) is 39.5 Å². The van der Waals surface area contributed by atoms with Gasteiger partial charge >= 0.3 is 24.6 Å². The van der Waals surface area contributed by atoms with Crippen molar-refractivity contribution in [1.29, 1.82) is 0 Å². The second-order valence-corrected chi connectivity index (χ2v) is 4.74. The minimum Gasteiger partial charge on any atom is -0.316 e. The van der Waals surface area contributed by atoms with Gasteiger partial charge < -0.3 is 10.6 Å². The largest absolute Gasteiger partial charge is 0.420 e. The van der Waals surface area contributed by atoms with Crippen LogP contribution in [0.25, 0.3) is 0 Å². The standard InChI is InChI=1S/C12H9F9N2O/c1-9(11(16,17)18,12(19,20)21)23-8(24)22-7-5-3-2-4-6(7)10(13,14)15/h2-5H,1H3,(H2,22,23,24). The van der Waals surface area contributed by atoms with Gasteiger partial charge in [0.15, 0.2) is 0 Å². The van der Waals surface area contributed by atoms with Gasteiger partial charge in [0.25, 0.3) is 0 Å². The molecule has 0 bridgehead atoms. The fraction of sp³-hybridized carbons (Fsp3) is 0.417. The molecule has 0 aliphatic rings. The monoisotopic (exact) mass is 368 g/mol. The number of alkyl halides is 9. The second-order valence-electron chi connectivity index (χ2n) is 4.74. The van der Waals surface area contributed by atoms with E-state index in [1.807, 2.05) is 0 Å². The SMILES string of the molecule is CC(NC(=O)Nc1ccccc1C(F)(F)F)(C(F)(F)F)C(F)(F)F. The Morgan fingerprint density at radius 2 is 1.33 bits per heavy atom. The lowest BCUT2D eigenvalue weighted by molar-refractivity contribution is -0.297. The van der Waals surface area contributed by atoms with Crippen LogP contribution in [0.2, 0.25) is 0 Å². The Labute approximate surface area is 128 Å². The predicted octanol–water partition coefficient (Wildman–Crippen LogP) is 4.71. The van der Waals surface area contributed by atoms with Crippen molar-refractivity contribution in [3.63, 3.8) is 0 Å². The van der Waals surface area contributed by atoms with E-state index in [9.17, 15) is 44.3 Å². The number of carbonyl (C=O) groups is 1. The van der Waals surface area contributed by atoms with Crippen molar-refractivity contribution in [1.82, 2.24) is 5.32 Å². The maximum atomic E-state index is 12.7. The van der Waals surface area contributed by atoms with Crippen molar-refractivity contribution in [2.75, 3.05) is 5.32 Å². The highest BCUT2D eigenvalue weighted by atomic mass is 19.4. The van der Waals surface area contributed by atoms with Gasteiger partial charge in [0, 0.05) is 0 Å². The normalized spacial score (nSPS) is 13.6. The molecule has 0 fully saturated rings. The molecule has 0 atom stereocenters. The molecule has 0 aromatic heterocycles. The molecule has 24 heavy (non-hydrogen) atoms. The quantitative estimate of drug-likeness (QED) is 0.730. The van der Waals surface area contributed by atoms with E-state index < -0.39 is 41.3 Å². The third-order valence-electron chi connectivity index (χ3n) is 2.98. The van der Waals surface area contributed by atoms with Gasteiger partial charge in [-0.25, -0.2) is 4.79 Å². The number of urea groups is 1. The fourth-order valence-electron chi connectivity index (χ4n) is 1.52. The van der Waals surface area contributed by atoms with Gasteiger partial charge in [-0.05, 0) is 19.1 Å². The van der Waals surface area contributed by atoms with Gasteiger partial charge in [-0.1, -0.05) is 12.1 Å². The number of halogens is 9. The molecule has 2 amide bonds. The number of rotatable bonds is 2. The first-order valence-corrected chi connectivity index (χ1v) is 5.98. The minimum atomic E-state index is -5.92. The Kier molecular flexibility index (Phi) is 5.02. The number of hydrogen-bond donors (Lipinski definition) is 2. The predicted molar refractivity (Wildman–Crippen MR) is 64.1 cm³/mol. The van der Waals surface area contributed by atoms with Crippen molar-refractivity contribution >= 4 is 11.7 Å². The number of nitrogens with one attached hydrogen (secondary N) is 2. The molecule has 0 unspecified atom stereocenters. The van der Waals surface area contributed by atoms with E-state index in [-0.39, 0.29) is 6.92 Å². The maximum absolute atomic E-state index is 12.7. The van der Waals surface area contributed by atoms with Crippen LogP contribution in [0.15, 0.2) is 24.3 Å². The van der Waals surface area contributed by atoms with E-state index in [0.717, 1.165) is 12.1 Å². The highest BCUT2D eigenvalue weighted by molar-refractivity contribution is 5.90. The first kappa shape index (κ1) is 19.9. The lowest BCUT2D eigenvalue weighted by Gasteiger charge is -2.34. The van der Waals surface area contributed by atoms with Gasteiger partial charge in [0.2, 0.25) is 5.54 Å². The van der Waals surface area contributed by atoms with Crippen LogP contribution in [-0.2, 0) is 6.18 Å². The first-order chi connectivity index (χ1) is 10.6. The van der Waals surface area contributed by atoms with E-state index in [1.165, 1.54) is 5.32 Å². The summed E-state index contributed by atoms with van der Waals surface area (Å²) in [7, 11) is 0. The summed E-state index contributed by atoms with van der Waals surface area (Å²) < 4.78 is 114. The third kappa shape index (κ3) is 4.03. The van der Waals surface area contributed by atoms with Crippen LogP contribution in [0.3, 0.4) is 0 Å². The van der Waals surface area contributed by atoms with E-state index in [0.29, 0.717) is 17.4 Å². The first-order valence-electron chi connectivity index (χ1n) is 5.98. The van der Waals surface area contributed by atoms with E-state index in [1.54, 1.807) is 0 Å². The molecule has 1 rings (SSSR count). The van der Waals surface area contributed by atoms with Crippen molar-refractivity contribution in [3.05, 3.63) is 29.8 Å². The zero-order valence-corrected chi connectivity index (χ0v) is 11.6. The van der Waals surface area contributed by atoms with Crippen molar-refractivity contribution < 1.29 is 44.3 Å². The Morgan fingerprint density at radius 3 is 1.75 bits per heavy atom. The molecular weight excluding hydrogens is 359 g/mol. The zero-order valence-electron chi connectivity index (χ0n) is 11.6. The molecule has 0 radical (unpaired) electrons. The molecule has 3 nitrogen and oxygen atoms in total. The summed E-state index contributed by atoms with van der Waals surface area (Å²) in [5, 5.41) is 1.98. The van der Waals surface area contributed by atoms with Crippen LogP contribution in [0.4, 0.5) is 50.0 Å². The van der Waals surface area contributed by atoms with Crippen LogP contribution in [0.1, 0.15) is 12.5 Å². The second kappa shape index (κ2) is 6.06. The number of benzene rings is 1. The molecule has 0 heterocycles. The Hall–Kier alpha value is -2.14. The van der Waals surface area contributed by atoms with Crippen LogP contribution in [-0.4, -0.2) is 23.9 Å². The molecule has 0 saturated carbocycles. The summed E-state index contributed by atoms with van der Waals surface area (Å²) in [5.74, 6) is 0.